The van der Waals surface area contributed by atoms with Crippen LogP contribution >= 0.6 is 0 Å². The zero-order chi connectivity index (χ0) is 14.7. The summed E-state index contributed by atoms with van der Waals surface area (Å²) in [6, 6.07) is 0. The van der Waals surface area contributed by atoms with Crippen LogP contribution in [0.15, 0.2) is 12.4 Å². The van der Waals surface area contributed by atoms with Crippen LogP contribution in [0.4, 0.5) is 0 Å². The van der Waals surface area contributed by atoms with E-state index in [1.807, 2.05) is 17.3 Å². The van der Waals surface area contributed by atoms with Crippen molar-refractivity contribution in [2.75, 3.05) is 39.9 Å². The summed E-state index contributed by atoms with van der Waals surface area (Å²) in [7, 11) is 1.57. The van der Waals surface area contributed by atoms with Gasteiger partial charge in [0.15, 0.2) is 0 Å². The number of carbonyl (C=O) groups excluding carboxylic acids is 1. The summed E-state index contributed by atoms with van der Waals surface area (Å²) in [5.41, 5.74) is 0. The summed E-state index contributed by atoms with van der Waals surface area (Å²) in [4.78, 5) is 21.0. The fourth-order valence-corrected chi connectivity index (χ4v) is 3.39. The second-order valence-electron chi connectivity index (χ2n) is 6.08. The Morgan fingerprint density at radius 1 is 1.38 bits per heavy atom. The maximum atomic E-state index is 12.2. The normalized spacial score (nSPS) is 23.1. The van der Waals surface area contributed by atoms with Gasteiger partial charge in [0.25, 0.3) is 0 Å². The second kappa shape index (κ2) is 6.58. The molecule has 0 saturated carbocycles. The van der Waals surface area contributed by atoms with Gasteiger partial charge in [-0.15, -0.1) is 0 Å². The highest BCUT2D eigenvalue weighted by Crippen LogP contribution is 2.18. The largest absolute Gasteiger partial charge is 0.375 e. The first-order chi connectivity index (χ1) is 10.3. The third-order valence-corrected chi connectivity index (χ3v) is 4.40. The Morgan fingerprint density at radius 2 is 2.19 bits per heavy atom. The van der Waals surface area contributed by atoms with Crippen molar-refractivity contribution in [3.05, 3.63) is 18.2 Å². The van der Waals surface area contributed by atoms with Gasteiger partial charge in [-0.1, -0.05) is 0 Å². The molecule has 116 valence electrons. The monoisotopic (exact) mass is 292 g/mol. The van der Waals surface area contributed by atoms with E-state index in [2.05, 4.69) is 14.5 Å². The van der Waals surface area contributed by atoms with Crippen LogP contribution in [0, 0.1) is 5.92 Å². The van der Waals surface area contributed by atoms with E-state index < -0.39 is 0 Å². The highest BCUT2D eigenvalue weighted by atomic mass is 16.5. The average molecular weight is 292 g/mol. The molecule has 0 N–H and O–H groups in total. The fourth-order valence-electron chi connectivity index (χ4n) is 3.39. The van der Waals surface area contributed by atoms with Crippen LogP contribution in [0.1, 0.15) is 18.7 Å². The van der Waals surface area contributed by atoms with Crippen molar-refractivity contribution in [2.24, 2.45) is 5.92 Å². The number of likely N-dealkylation sites (tertiary alicyclic amines) is 1. The van der Waals surface area contributed by atoms with Crippen molar-refractivity contribution < 1.29 is 9.53 Å². The molecule has 2 aliphatic rings. The molecule has 21 heavy (non-hydrogen) atoms. The molecule has 3 rings (SSSR count). The van der Waals surface area contributed by atoms with Crippen LogP contribution in [0.25, 0.3) is 0 Å². The van der Waals surface area contributed by atoms with Gasteiger partial charge in [0.1, 0.15) is 12.4 Å². The minimum absolute atomic E-state index is 0.0559. The molecule has 1 unspecified atom stereocenters. The topological polar surface area (TPSA) is 50.6 Å². The van der Waals surface area contributed by atoms with E-state index in [0.717, 1.165) is 25.5 Å². The molecule has 6 heteroatoms. The summed E-state index contributed by atoms with van der Waals surface area (Å²) in [5.74, 6) is 1.49. The molecule has 1 saturated heterocycles. The maximum absolute atomic E-state index is 12.2. The summed E-state index contributed by atoms with van der Waals surface area (Å²) in [6.07, 6.45) is 6.45. The number of hydrogen-bond acceptors (Lipinski definition) is 4. The van der Waals surface area contributed by atoms with Crippen molar-refractivity contribution in [1.82, 2.24) is 19.4 Å². The molecule has 1 fully saturated rings. The van der Waals surface area contributed by atoms with Gasteiger partial charge in [0, 0.05) is 45.1 Å². The Labute approximate surface area is 125 Å². The zero-order valence-corrected chi connectivity index (χ0v) is 12.7. The Morgan fingerprint density at radius 3 is 2.95 bits per heavy atom. The molecule has 0 aliphatic carbocycles. The number of ether oxygens (including phenoxy) is 1. The average Bonchev–Trinajstić information content (AvgIpc) is 3.08. The third-order valence-electron chi connectivity index (χ3n) is 4.40. The summed E-state index contributed by atoms with van der Waals surface area (Å²) in [6.45, 7) is 5.93. The number of methoxy groups -OCH3 is 1. The SMILES string of the molecule is COCC(=O)N1Cc2nccn2CC(CN2CCCC2)C1. The van der Waals surface area contributed by atoms with Crippen molar-refractivity contribution in [3.8, 4) is 0 Å². The highest BCUT2D eigenvalue weighted by molar-refractivity contribution is 5.77. The van der Waals surface area contributed by atoms with E-state index >= 15 is 0 Å². The number of aromatic nitrogens is 2. The van der Waals surface area contributed by atoms with Crippen LogP contribution < -0.4 is 0 Å². The molecule has 0 bridgehead atoms. The number of hydrogen-bond donors (Lipinski definition) is 0. The van der Waals surface area contributed by atoms with Gasteiger partial charge in [-0.2, -0.15) is 0 Å². The van der Waals surface area contributed by atoms with Crippen LogP contribution in [-0.4, -0.2) is 65.2 Å². The molecular weight excluding hydrogens is 268 g/mol. The lowest BCUT2D eigenvalue weighted by Gasteiger charge is -2.27. The van der Waals surface area contributed by atoms with E-state index in [9.17, 15) is 4.79 Å². The van der Waals surface area contributed by atoms with E-state index in [1.54, 1.807) is 7.11 Å². The second-order valence-corrected chi connectivity index (χ2v) is 6.08. The van der Waals surface area contributed by atoms with E-state index in [1.165, 1.54) is 25.9 Å². The van der Waals surface area contributed by atoms with E-state index in [0.29, 0.717) is 12.5 Å². The van der Waals surface area contributed by atoms with Crippen molar-refractivity contribution in [2.45, 2.75) is 25.9 Å². The molecule has 1 amide bonds. The van der Waals surface area contributed by atoms with Gasteiger partial charge >= 0.3 is 0 Å². The van der Waals surface area contributed by atoms with Gasteiger partial charge in [-0.3, -0.25) is 4.79 Å². The van der Waals surface area contributed by atoms with Crippen molar-refractivity contribution in [3.63, 3.8) is 0 Å². The lowest BCUT2D eigenvalue weighted by Crippen LogP contribution is -2.39. The summed E-state index contributed by atoms with van der Waals surface area (Å²) in [5, 5.41) is 0. The predicted octanol–water partition coefficient (Wildman–Crippen LogP) is 0.584. The molecular formula is C15H24N4O2. The van der Waals surface area contributed by atoms with Gasteiger partial charge in [0.05, 0.1) is 6.54 Å². The molecule has 1 atom stereocenters. The van der Waals surface area contributed by atoms with Gasteiger partial charge in [0.2, 0.25) is 5.91 Å². The Hall–Kier alpha value is -1.40. The maximum Gasteiger partial charge on any atom is 0.248 e. The number of nitrogens with zero attached hydrogens (tertiary/aromatic N) is 4. The zero-order valence-electron chi connectivity index (χ0n) is 12.7. The molecule has 3 heterocycles. The minimum Gasteiger partial charge on any atom is -0.375 e. The van der Waals surface area contributed by atoms with Crippen LogP contribution in [0.2, 0.25) is 0 Å². The highest BCUT2D eigenvalue weighted by Gasteiger charge is 2.27. The van der Waals surface area contributed by atoms with E-state index in [4.69, 9.17) is 4.74 Å². The number of imidazole rings is 1. The fraction of sp³-hybridized carbons (Fsp3) is 0.733. The quantitative estimate of drug-likeness (QED) is 0.815. The smallest absolute Gasteiger partial charge is 0.248 e. The molecule has 1 aromatic heterocycles. The molecule has 1 aromatic rings. The Balaban J connectivity index is 1.72. The first-order valence-corrected chi connectivity index (χ1v) is 7.75. The van der Waals surface area contributed by atoms with Crippen molar-refractivity contribution >= 4 is 5.91 Å². The first kappa shape index (κ1) is 14.5. The molecule has 0 aromatic carbocycles. The van der Waals surface area contributed by atoms with Gasteiger partial charge < -0.3 is 19.1 Å². The summed E-state index contributed by atoms with van der Waals surface area (Å²) >= 11 is 0. The Kier molecular flexibility index (Phi) is 4.55. The molecule has 2 aliphatic heterocycles. The molecule has 0 spiro atoms. The van der Waals surface area contributed by atoms with Crippen molar-refractivity contribution in [1.29, 1.82) is 0 Å². The number of fused-ring (bicyclic) bond motifs is 1. The lowest BCUT2D eigenvalue weighted by atomic mass is 10.1. The Bertz CT molecular complexity index is 482. The third kappa shape index (κ3) is 3.44. The van der Waals surface area contributed by atoms with Crippen LogP contribution in [0.3, 0.4) is 0 Å². The standard InChI is InChI=1S/C15H24N4O2/c1-21-12-15(20)19-10-13(8-17-5-2-3-6-17)9-18-7-4-16-14(18)11-19/h4,7,13H,2-3,5-6,8-12H2,1H3. The first-order valence-electron chi connectivity index (χ1n) is 7.75. The summed E-state index contributed by atoms with van der Waals surface area (Å²) < 4.78 is 7.20. The lowest BCUT2D eigenvalue weighted by molar-refractivity contribution is -0.136. The minimum atomic E-state index is 0.0559. The van der Waals surface area contributed by atoms with E-state index in [-0.39, 0.29) is 12.5 Å². The molecule has 0 radical (unpaired) electrons. The number of carbonyl (C=O) groups is 1. The predicted molar refractivity (Wildman–Crippen MR) is 78.7 cm³/mol. The van der Waals surface area contributed by atoms with Gasteiger partial charge in [-0.25, -0.2) is 4.98 Å². The van der Waals surface area contributed by atoms with Crippen LogP contribution in [0.5, 0.6) is 0 Å². The number of amides is 1. The van der Waals surface area contributed by atoms with Gasteiger partial charge in [-0.05, 0) is 25.9 Å². The van der Waals surface area contributed by atoms with Crippen LogP contribution in [-0.2, 0) is 22.6 Å². The molecule has 6 nitrogen and oxygen atoms in total. The number of rotatable bonds is 4.